The number of sulfonamides is 1. The van der Waals surface area contributed by atoms with E-state index >= 15 is 0 Å². The van der Waals surface area contributed by atoms with Crippen LogP contribution in [0.15, 0.2) is 38.8 Å². The Balaban J connectivity index is 1.55. The molecule has 0 saturated carbocycles. The van der Waals surface area contributed by atoms with Crippen molar-refractivity contribution in [2.45, 2.75) is 44.2 Å². The van der Waals surface area contributed by atoms with E-state index in [1.807, 2.05) is 6.92 Å². The Morgan fingerprint density at radius 1 is 1.09 bits per heavy atom. The molecule has 1 N–H and O–H groups in total. The first-order chi connectivity index (χ1) is 16.2. The van der Waals surface area contributed by atoms with E-state index in [0.717, 1.165) is 25.0 Å². The fourth-order valence-electron chi connectivity index (χ4n) is 4.26. The number of aromatic amines is 1. The van der Waals surface area contributed by atoms with Gasteiger partial charge in [0.2, 0.25) is 10.0 Å². The van der Waals surface area contributed by atoms with Crippen molar-refractivity contribution in [2.24, 2.45) is 7.05 Å². The SMILES string of the molecule is CCCCn1c(=O)[nH]c(=O)c2c1nc(CN1CCCN(S(=O)(=O)c3ccc(F)cc3)CC1)n2C. The second kappa shape index (κ2) is 9.80. The number of fused-ring (bicyclic) bond motifs is 1. The summed E-state index contributed by atoms with van der Waals surface area (Å²) in [5.74, 6) is 0.147. The van der Waals surface area contributed by atoms with Gasteiger partial charge >= 0.3 is 5.69 Å². The second-order valence-corrected chi connectivity index (χ2v) is 10.4. The molecule has 1 fully saturated rings. The van der Waals surface area contributed by atoms with Gasteiger partial charge in [0.05, 0.1) is 11.4 Å². The van der Waals surface area contributed by atoms with Crippen LogP contribution >= 0.6 is 0 Å². The lowest BCUT2D eigenvalue weighted by Gasteiger charge is -2.21. The van der Waals surface area contributed by atoms with Crippen LogP contribution in [0.3, 0.4) is 0 Å². The summed E-state index contributed by atoms with van der Waals surface area (Å²) < 4.78 is 43.8. The smallest absolute Gasteiger partial charge is 0.324 e. The van der Waals surface area contributed by atoms with Gasteiger partial charge < -0.3 is 4.57 Å². The Kier molecular flexibility index (Phi) is 7.01. The molecule has 1 saturated heterocycles. The van der Waals surface area contributed by atoms with Gasteiger partial charge in [0, 0.05) is 33.2 Å². The Morgan fingerprint density at radius 3 is 2.53 bits per heavy atom. The molecule has 4 rings (SSSR count). The second-order valence-electron chi connectivity index (χ2n) is 8.51. The number of benzene rings is 1. The third-order valence-electron chi connectivity index (χ3n) is 6.20. The van der Waals surface area contributed by atoms with Crippen molar-refractivity contribution in [1.29, 1.82) is 0 Å². The third-order valence-corrected chi connectivity index (χ3v) is 8.12. The van der Waals surface area contributed by atoms with Crippen molar-refractivity contribution in [3.8, 4) is 0 Å². The maximum Gasteiger partial charge on any atom is 0.330 e. The number of aryl methyl sites for hydroxylation is 2. The molecule has 0 spiro atoms. The van der Waals surface area contributed by atoms with Gasteiger partial charge in [-0.1, -0.05) is 13.3 Å². The van der Waals surface area contributed by atoms with E-state index in [1.165, 1.54) is 21.0 Å². The zero-order valence-corrected chi connectivity index (χ0v) is 20.1. The van der Waals surface area contributed by atoms with Gasteiger partial charge in [-0.25, -0.2) is 22.6 Å². The van der Waals surface area contributed by atoms with Crippen LogP contribution < -0.4 is 11.2 Å². The predicted molar refractivity (Wildman–Crippen MR) is 126 cm³/mol. The topological polar surface area (TPSA) is 113 Å². The van der Waals surface area contributed by atoms with Crippen molar-refractivity contribution in [1.82, 2.24) is 28.3 Å². The quantitative estimate of drug-likeness (QED) is 0.531. The van der Waals surface area contributed by atoms with Crippen molar-refractivity contribution in [3.63, 3.8) is 0 Å². The molecule has 0 unspecified atom stereocenters. The first kappa shape index (κ1) is 24.3. The Bertz CT molecular complexity index is 1390. The van der Waals surface area contributed by atoms with Crippen molar-refractivity contribution in [2.75, 3.05) is 26.2 Å². The summed E-state index contributed by atoms with van der Waals surface area (Å²) in [6.45, 7) is 4.67. The minimum absolute atomic E-state index is 0.0713. The minimum Gasteiger partial charge on any atom is -0.324 e. The molecule has 0 radical (unpaired) electrons. The molecule has 2 aromatic heterocycles. The number of rotatable bonds is 7. The highest BCUT2D eigenvalue weighted by atomic mass is 32.2. The summed E-state index contributed by atoms with van der Waals surface area (Å²) in [4.78, 5) is 34.0. The van der Waals surface area contributed by atoms with Gasteiger partial charge in [-0.05, 0) is 43.7 Å². The van der Waals surface area contributed by atoms with E-state index in [9.17, 15) is 22.4 Å². The summed E-state index contributed by atoms with van der Waals surface area (Å²) in [5, 5.41) is 0. The number of nitrogens with one attached hydrogen (secondary N) is 1. The molecule has 0 atom stereocenters. The highest BCUT2D eigenvalue weighted by Gasteiger charge is 2.27. The fourth-order valence-corrected chi connectivity index (χ4v) is 5.73. The molecule has 1 aromatic carbocycles. The lowest BCUT2D eigenvalue weighted by Crippen LogP contribution is -2.35. The standard InChI is InChI=1S/C22H29FN6O4S/c1-3-4-12-29-20-19(21(30)25-22(29)31)26(2)18(24-20)15-27-10-5-11-28(14-13-27)34(32,33)17-8-6-16(23)7-9-17/h6-9H,3-5,10-15H2,1-2H3,(H,25,30,31). The highest BCUT2D eigenvalue weighted by molar-refractivity contribution is 7.89. The first-order valence-corrected chi connectivity index (χ1v) is 12.8. The number of hydrogen-bond donors (Lipinski definition) is 1. The van der Waals surface area contributed by atoms with Crippen LogP contribution in [0.1, 0.15) is 32.0 Å². The number of unbranched alkanes of at least 4 members (excludes halogenated alkanes) is 1. The number of hydrogen-bond acceptors (Lipinski definition) is 6. The van der Waals surface area contributed by atoms with Crippen molar-refractivity contribution >= 4 is 21.2 Å². The minimum atomic E-state index is -3.72. The molecular formula is C22H29FN6O4S. The summed E-state index contributed by atoms with van der Waals surface area (Å²) >= 11 is 0. The zero-order valence-electron chi connectivity index (χ0n) is 19.3. The molecule has 10 nitrogen and oxygen atoms in total. The van der Waals surface area contributed by atoms with Crippen molar-refractivity contribution in [3.05, 3.63) is 56.7 Å². The van der Waals surface area contributed by atoms with Gasteiger partial charge in [-0.15, -0.1) is 0 Å². The monoisotopic (exact) mass is 492 g/mol. The predicted octanol–water partition coefficient (Wildman–Crippen LogP) is 1.26. The third kappa shape index (κ3) is 4.70. The van der Waals surface area contributed by atoms with E-state index in [1.54, 1.807) is 11.6 Å². The normalized spacial score (nSPS) is 16.2. The maximum absolute atomic E-state index is 13.2. The van der Waals surface area contributed by atoms with Crippen molar-refractivity contribution < 1.29 is 12.8 Å². The lowest BCUT2D eigenvalue weighted by molar-refractivity contribution is 0.269. The molecule has 1 aliphatic rings. The van der Waals surface area contributed by atoms with Gasteiger partial charge in [0.1, 0.15) is 11.6 Å². The molecule has 12 heteroatoms. The molecule has 1 aliphatic heterocycles. The van der Waals surface area contributed by atoms with E-state index in [0.29, 0.717) is 56.1 Å². The Hall–Kier alpha value is -2.83. The molecular weight excluding hydrogens is 463 g/mol. The molecule has 3 aromatic rings. The van der Waals surface area contributed by atoms with Crippen LogP contribution in [-0.2, 0) is 30.2 Å². The molecule has 34 heavy (non-hydrogen) atoms. The summed E-state index contributed by atoms with van der Waals surface area (Å²) in [6.07, 6.45) is 2.31. The Morgan fingerprint density at radius 2 is 1.82 bits per heavy atom. The van der Waals surface area contributed by atoms with Gasteiger partial charge in [-0.3, -0.25) is 19.2 Å². The zero-order chi connectivity index (χ0) is 24.5. The van der Waals surface area contributed by atoms with E-state index in [4.69, 9.17) is 0 Å². The average Bonchev–Trinajstić information content (AvgIpc) is 2.96. The number of halogens is 1. The van der Waals surface area contributed by atoms with Crippen LogP contribution in [0.25, 0.3) is 11.2 Å². The number of imidazole rings is 1. The van der Waals surface area contributed by atoms with Gasteiger partial charge in [0.25, 0.3) is 5.56 Å². The van der Waals surface area contributed by atoms with Gasteiger partial charge in [0.15, 0.2) is 11.2 Å². The van der Waals surface area contributed by atoms with Crippen LogP contribution in [-0.4, -0.2) is 62.9 Å². The summed E-state index contributed by atoms with van der Waals surface area (Å²) in [7, 11) is -1.97. The fraction of sp³-hybridized carbons (Fsp3) is 0.500. The van der Waals surface area contributed by atoms with Crippen LogP contribution in [0.2, 0.25) is 0 Å². The molecule has 3 heterocycles. The molecule has 0 aliphatic carbocycles. The maximum atomic E-state index is 13.2. The average molecular weight is 493 g/mol. The Labute approximate surface area is 196 Å². The molecule has 184 valence electrons. The van der Waals surface area contributed by atoms with E-state index in [2.05, 4.69) is 14.9 Å². The summed E-state index contributed by atoms with van der Waals surface area (Å²) in [6, 6.07) is 4.85. The lowest BCUT2D eigenvalue weighted by atomic mass is 10.3. The highest BCUT2D eigenvalue weighted by Crippen LogP contribution is 2.19. The van der Waals surface area contributed by atoms with E-state index in [-0.39, 0.29) is 11.4 Å². The summed E-state index contributed by atoms with van der Waals surface area (Å²) in [5.41, 5.74) is -0.218. The first-order valence-electron chi connectivity index (χ1n) is 11.4. The van der Waals surface area contributed by atoms with E-state index < -0.39 is 27.1 Å². The molecule has 0 bridgehead atoms. The number of H-pyrrole nitrogens is 1. The van der Waals surface area contributed by atoms with Crippen LogP contribution in [0.4, 0.5) is 4.39 Å². The largest absolute Gasteiger partial charge is 0.330 e. The number of nitrogens with zero attached hydrogens (tertiary/aromatic N) is 5. The van der Waals surface area contributed by atoms with Gasteiger partial charge in [-0.2, -0.15) is 4.31 Å². The van der Waals surface area contributed by atoms with Crippen LogP contribution in [0.5, 0.6) is 0 Å². The van der Waals surface area contributed by atoms with Crippen LogP contribution in [0, 0.1) is 5.82 Å². The molecule has 0 amide bonds. The number of aromatic nitrogens is 4.